The number of ketones is 1. The Bertz CT molecular complexity index is 631. The molecular formula is C22H32O. The first kappa shape index (κ1) is 16.7. The van der Waals surface area contributed by atoms with Gasteiger partial charge >= 0.3 is 0 Å². The van der Waals surface area contributed by atoms with E-state index in [1.54, 1.807) is 0 Å². The molecule has 0 unspecified atom stereocenters. The molecule has 1 spiro atoms. The smallest absolute Gasteiger partial charge is 0.164 e. The number of rotatable bonds is 0. The van der Waals surface area contributed by atoms with Crippen molar-refractivity contribution in [1.82, 2.24) is 0 Å². The van der Waals surface area contributed by atoms with Crippen LogP contribution in [0.15, 0.2) is 12.1 Å². The maximum atomic E-state index is 13.1. The van der Waals surface area contributed by atoms with Crippen molar-refractivity contribution in [2.75, 3.05) is 0 Å². The predicted molar refractivity (Wildman–Crippen MR) is 97.6 cm³/mol. The molecule has 1 aromatic carbocycles. The maximum absolute atomic E-state index is 13.1. The lowest BCUT2D eigenvalue weighted by atomic mass is 9.65. The number of fused-ring (bicyclic) bond motifs is 2. The molecule has 1 fully saturated rings. The molecule has 1 heteroatoms. The highest BCUT2D eigenvalue weighted by atomic mass is 16.1. The Morgan fingerprint density at radius 1 is 0.826 bits per heavy atom. The molecule has 0 saturated heterocycles. The third-order valence-corrected chi connectivity index (χ3v) is 5.94. The van der Waals surface area contributed by atoms with E-state index in [1.807, 2.05) is 0 Å². The highest BCUT2D eigenvalue weighted by Gasteiger charge is 2.48. The fourth-order valence-corrected chi connectivity index (χ4v) is 4.83. The summed E-state index contributed by atoms with van der Waals surface area (Å²) in [6.07, 6.45) is 7.02. The highest BCUT2D eigenvalue weighted by Crippen LogP contribution is 2.53. The van der Waals surface area contributed by atoms with Crippen LogP contribution in [0.2, 0.25) is 0 Å². The van der Waals surface area contributed by atoms with Crippen LogP contribution >= 0.6 is 0 Å². The monoisotopic (exact) mass is 312 g/mol. The molecule has 0 aromatic heterocycles. The van der Waals surface area contributed by atoms with Gasteiger partial charge in [-0.25, -0.2) is 0 Å². The number of hydrogen-bond donors (Lipinski definition) is 0. The van der Waals surface area contributed by atoms with Gasteiger partial charge in [0.1, 0.15) is 0 Å². The minimum Gasteiger partial charge on any atom is -0.294 e. The Morgan fingerprint density at radius 2 is 1.35 bits per heavy atom. The van der Waals surface area contributed by atoms with Crippen LogP contribution in [0.1, 0.15) is 107 Å². The van der Waals surface area contributed by atoms with Crippen LogP contribution < -0.4 is 0 Å². The van der Waals surface area contributed by atoms with Gasteiger partial charge in [-0.05, 0) is 40.4 Å². The average molecular weight is 312 g/mol. The van der Waals surface area contributed by atoms with Crippen molar-refractivity contribution in [3.8, 4) is 0 Å². The largest absolute Gasteiger partial charge is 0.294 e. The Balaban J connectivity index is 2.32. The number of carbonyl (C=O) groups is 1. The van der Waals surface area contributed by atoms with Crippen molar-refractivity contribution in [2.45, 2.75) is 96.3 Å². The van der Waals surface area contributed by atoms with Gasteiger partial charge in [0.05, 0.1) is 0 Å². The first-order valence-corrected chi connectivity index (χ1v) is 9.28. The Labute approximate surface area is 141 Å². The topological polar surface area (TPSA) is 17.1 Å². The molecule has 0 N–H and O–H groups in total. The van der Waals surface area contributed by atoms with E-state index in [0.717, 1.165) is 12.0 Å². The average Bonchev–Trinajstić information content (AvgIpc) is 2.70. The third kappa shape index (κ3) is 2.66. The maximum Gasteiger partial charge on any atom is 0.164 e. The lowest BCUT2D eigenvalue weighted by molar-refractivity contribution is 0.0960. The number of carbonyl (C=O) groups excluding carboxylic acids is 1. The molecule has 126 valence electrons. The molecule has 0 aliphatic heterocycles. The molecule has 2 aliphatic rings. The minimum absolute atomic E-state index is 0.0242. The summed E-state index contributed by atoms with van der Waals surface area (Å²) in [4.78, 5) is 13.1. The Kier molecular flexibility index (Phi) is 3.78. The van der Waals surface area contributed by atoms with E-state index in [1.165, 1.54) is 48.8 Å². The van der Waals surface area contributed by atoms with Gasteiger partial charge in [0.15, 0.2) is 5.78 Å². The molecule has 0 atom stereocenters. The van der Waals surface area contributed by atoms with Crippen LogP contribution in [0.5, 0.6) is 0 Å². The third-order valence-electron chi connectivity index (χ3n) is 5.94. The number of hydrogen-bond acceptors (Lipinski definition) is 1. The molecule has 1 aromatic rings. The van der Waals surface area contributed by atoms with E-state index in [-0.39, 0.29) is 16.2 Å². The van der Waals surface area contributed by atoms with Crippen molar-refractivity contribution in [1.29, 1.82) is 0 Å². The van der Waals surface area contributed by atoms with Gasteiger partial charge in [-0.15, -0.1) is 0 Å². The van der Waals surface area contributed by atoms with Crippen molar-refractivity contribution >= 4 is 5.78 Å². The molecule has 0 radical (unpaired) electrons. The summed E-state index contributed by atoms with van der Waals surface area (Å²) in [5, 5.41) is 0. The normalized spacial score (nSPS) is 20.9. The summed E-state index contributed by atoms with van der Waals surface area (Å²) in [6.45, 7) is 13.6. The molecule has 0 amide bonds. The van der Waals surface area contributed by atoms with E-state index in [4.69, 9.17) is 0 Å². The van der Waals surface area contributed by atoms with Gasteiger partial charge in [-0.1, -0.05) is 72.9 Å². The fourth-order valence-electron chi connectivity index (χ4n) is 4.83. The summed E-state index contributed by atoms with van der Waals surface area (Å²) in [6, 6.07) is 4.56. The number of benzene rings is 1. The standard InChI is InChI=1S/C22H32O/c1-20(2,3)15-10-11-16(21(4,5)6)19-18(15)17(23)14-22(19)12-8-7-9-13-22/h10-11H,7-9,12-14H2,1-6H3. The number of Topliss-reactive ketones (excluding diaryl/α,β-unsaturated/α-hetero) is 1. The molecule has 23 heavy (non-hydrogen) atoms. The molecule has 0 bridgehead atoms. The van der Waals surface area contributed by atoms with Crippen molar-refractivity contribution in [3.63, 3.8) is 0 Å². The Morgan fingerprint density at radius 3 is 1.87 bits per heavy atom. The summed E-state index contributed by atoms with van der Waals surface area (Å²) in [7, 11) is 0. The van der Waals surface area contributed by atoms with E-state index < -0.39 is 0 Å². The lowest BCUT2D eigenvalue weighted by Crippen LogP contribution is -2.30. The van der Waals surface area contributed by atoms with Gasteiger partial charge in [0.25, 0.3) is 0 Å². The van der Waals surface area contributed by atoms with Gasteiger partial charge in [-0.3, -0.25) is 4.79 Å². The van der Waals surface area contributed by atoms with Crippen LogP contribution in [-0.4, -0.2) is 5.78 Å². The predicted octanol–water partition coefficient (Wildman–Crippen LogP) is 6.07. The molecule has 1 nitrogen and oxygen atoms in total. The summed E-state index contributed by atoms with van der Waals surface area (Å²) < 4.78 is 0. The van der Waals surface area contributed by atoms with Crippen molar-refractivity contribution < 1.29 is 4.79 Å². The first-order valence-electron chi connectivity index (χ1n) is 9.28. The quantitative estimate of drug-likeness (QED) is 0.568. The second kappa shape index (κ2) is 5.19. The van der Waals surface area contributed by atoms with Crippen LogP contribution in [0, 0.1) is 0 Å². The molecule has 3 rings (SSSR count). The zero-order valence-corrected chi connectivity index (χ0v) is 15.8. The SMILES string of the molecule is CC(C)(C)c1ccc(C(C)(C)C)c2c1C(=O)CC21CCCCC1. The summed E-state index contributed by atoms with van der Waals surface area (Å²) in [5.41, 5.74) is 5.44. The van der Waals surface area contributed by atoms with Crippen molar-refractivity contribution in [2.24, 2.45) is 0 Å². The highest BCUT2D eigenvalue weighted by molar-refractivity contribution is 6.04. The fraction of sp³-hybridized carbons (Fsp3) is 0.682. The molecular weight excluding hydrogens is 280 g/mol. The molecule has 0 heterocycles. The van der Waals surface area contributed by atoms with Crippen molar-refractivity contribution in [3.05, 3.63) is 34.4 Å². The van der Waals surface area contributed by atoms with Gasteiger partial charge in [0, 0.05) is 17.4 Å². The molecule has 2 aliphatic carbocycles. The zero-order valence-electron chi connectivity index (χ0n) is 15.8. The van der Waals surface area contributed by atoms with Crippen LogP contribution in [0.3, 0.4) is 0 Å². The summed E-state index contributed by atoms with van der Waals surface area (Å²) in [5.74, 6) is 0.401. The first-order chi connectivity index (χ1) is 10.6. The van der Waals surface area contributed by atoms with E-state index >= 15 is 0 Å². The van der Waals surface area contributed by atoms with Gasteiger partial charge < -0.3 is 0 Å². The second-order valence-corrected chi connectivity index (χ2v) is 9.85. The molecule has 1 saturated carbocycles. The Hall–Kier alpha value is -1.11. The van der Waals surface area contributed by atoms with Gasteiger partial charge in [0.2, 0.25) is 0 Å². The zero-order chi connectivity index (χ0) is 17.0. The van der Waals surface area contributed by atoms with Gasteiger partial charge in [-0.2, -0.15) is 0 Å². The van der Waals surface area contributed by atoms with E-state index in [2.05, 4.69) is 53.7 Å². The second-order valence-electron chi connectivity index (χ2n) is 9.85. The van der Waals surface area contributed by atoms with E-state index in [0.29, 0.717) is 5.78 Å². The van der Waals surface area contributed by atoms with E-state index in [9.17, 15) is 4.79 Å². The lowest BCUT2D eigenvalue weighted by Gasteiger charge is -2.38. The van der Waals surface area contributed by atoms with Crippen LogP contribution in [0.25, 0.3) is 0 Å². The van der Waals surface area contributed by atoms with Crippen LogP contribution in [-0.2, 0) is 16.2 Å². The summed E-state index contributed by atoms with van der Waals surface area (Å²) >= 11 is 0. The minimum atomic E-state index is 0.0242. The van der Waals surface area contributed by atoms with Crippen LogP contribution in [0.4, 0.5) is 0 Å².